The topological polar surface area (TPSA) is 30.0 Å². The van der Waals surface area contributed by atoms with Crippen molar-refractivity contribution < 1.29 is 9.18 Å². The fraction of sp³-hybridized carbons (Fsp3) is 0.143. The molecule has 0 amide bonds. The molecule has 0 saturated carbocycles. The second-order valence-electron chi connectivity index (χ2n) is 4.14. The van der Waals surface area contributed by atoms with E-state index in [1.54, 1.807) is 12.4 Å². The summed E-state index contributed by atoms with van der Waals surface area (Å²) in [7, 11) is 0. The molecule has 2 aromatic rings. The van der Waals surface area contributed by atoms with Crippen molar-refractivity contribution in [3.8, 4) is 0 Å². The molecule has 0 aliphatic carbocycles. The minimum atomic E-state index is -0.405. The second-order valence-corrected chi connectivity index (χ2v) is 5.46. The Hall–Kier alpha value is -1.26. The molecule has 0 N–H and O–H groups in total. The number of ketones is 1. The van der Waals surface area contributed by atoms with E-state index in [1.165, 1.54) is 18.2 Å². The number of halogens is 3. The Kier molecular flexibility index (Phi) is 4.66. The third kappa shape index (κ3) is 4.11. The molecule has 0 fully saturated rings. The van der Waals surface area contributed by atoms with Gasteiger partial charge in [-0.1, -0.05) is 17.7 Å². The molecule has 2 nitrogen and oxygen atoms in total. The molecule has 0 radical (unpaired) electrons. The zero-order valence-corrected chi connectivity index (χ0v) is 12.2. The van der Waals surface area contributed by atoms with Crippen molar-refractivity contribution >= 4 is 33.3 Å². The van der Waals surface area contributed by atoms with Crippen molar-refractivity contribution in [2.45, 2.75) is 12.8 Å². The van der Waals surface area contributed by atoms with E-state index in [0.29, 0.717) is 5.56 Å². The molecule has 0 saturated heterocycles. The van der Waals surface area contributed by atoms with Crippen LogP contribution in [0.4, 0.5) is 4.39 Å². The van der Waals surface area contributed by atoms with Crippen LogP contribution in [0.5, 0.6) is 0 Å². The fourth-order valence-corrected chi connectivity index (χ4v) is 2.37. The lowest BCUT2D eigenvalue weighted by atomic mass is 10.0. The van der Waals surface area contributed by atoms with E-state index in [-0.39, 0.29) is 23.6 Å². The third-order valence-electron chi connectivity index (χ3n) is 2.57. The van der Waals surface area contributed by atoms with Gasteiger partial charge in [0.1, 0.15) is 11.6 Å². The molecule has 5 heteroatoms. The highest BCUT2D eigenvalue weighted by molar-refractivity contribution is 9.10. The van der Waals surface area contributed by atoms with Gasteiger partial charge in [-0.25, -0.2) is 4.39 Å². The number of hydrogen-bond donors (Lipinski definition) is 0. The lowest BCUT2D eigenvalue weighted by Gasteiger charge is -2.04. The summed E-state index contributed by atoms with van der Waals surface area (Å²) in [4.78, 5) is 15.9. The van der Waals surface area contributed by atoms with Gasteiger partial charge in [-0.05, 0) is 45.3 Å². The minimum absolute atomic E-state index is 0.00779. The molecule has 0 spiro atoms. The molecule has 98 valence electrons. The molecule has 0 bridgehead atoms. The van der Waals surface area contributed by atoms with E-state index in [1.807, 2.05) is 6.07 Å². The van der Waals surface area contributed by atoms with Crippen LogP contribution in [0, 0.1) is 5.82 Å². The summed E-state index contributed by atoms with van der Waals surface area (Å²) in [5.41, 5.74) is 1.47. The van der Waals surface area contributed by atoms with E-state index in [9.17, 15) is 9.18 Å². The maximum atomic E-state index is 12.9. The maximum Gasteiger partial charge on any atom is 0.141 e. The number of hydrogen-bond acceptors (Lipinski definition) is 2. The van der Waals surface area contributed by atoms with Crippen molar-refractivity contribution in [1.29, 1.82) is 0 Å². The number of aromatic nitrogens is 1. The number of rotatable bonds is 4. The molecule has 1 aromatic carbocycles. The Balaban J connectivity index is 2.05. The van der Waals surface area contributed by atoms with Crippen molar-refractivity contribution in [2.75, 3.05) is 0 Å². The van der Waals surface area contributed by atoms with Gasteiger partial charge in [-0.3, -0.25) is 9.78 Å². The first-order valence-corrected chi connectivity index (χ1v) is 6.77. The first-order valence-electron chi connectivity index (χ1n) is 5.59. The smallest absolute Gasteiger partial charge is 0.141 e. The zero-order valence-electron chi connectivity index (χ0n) is 9.87. The molecule has 0 aliphatic heterocycles. The zero-order chi connectivity index (χ0) is 13.8. The van der Waals surface area contributed by atoms with Gasteiger partial charge in [0.15, 0.2) is 0 Å². The summed E-state index contributed by atoms with van der Waals surface area (Å²) in [6, 6.07) is 5.89. The Morgan fingerprint density at radius 2 is 2.05 bits per heavy atom. The van der Waals surface area contributed by atoms with E-state index in [4.69, 9.17) is 11.6 Å². The molecule has 2 rings (SSSR count). The van der Waals surface area contributed by atoms with Crippen LogP contribution < -0.4 is 0 Å². The van der Waals surface area contributed by atoms with Gasteiger partial charge in [0.25, 0.3) is 0 Å². The number of benzene rings is 1. The van der Waals surface area contributed by atoms with Gasteiger partial charge in [-0.2, -0.15) is 0 Å². The van der Waals surface area contributed by atoms with E-state index in [0.717, 1.165) is 10.0 Å². The van der Waals surface area contributed by atoms with Crippen LogP contribution in [-0.4, -0.2) is 10.8 Å². The van der Waals surface area contributed by atoms with Crippen molar-refractivity contribution in [3.63, 3.8) is 0 Å². The first kappa shape index (κ1) is 14.2. The van der Waals surface area contributed by atoms with Gasteiger partial charge in [-0.15, -0.1) is 0 Å². The average molecular weight is 343 g/mol. The number of Topliss-reactive ketones (excluding diaryl/α,β-unsaturated/α-hetero) is 1. The summed E-state index contributed by atoms with van der Waals surface area (Å²) in [5, 5.41) is 0.278. The largest absolute Gasteiger partial charge is 0.299 e. The summed E-state index contributed by atoms with van der Waals surface area (Å²) >= 11 is 9.19. The lowest BCUT2D eigenvalue weighted by Crippen LogP contribution is -2.07. The van der Waals surface area contributed by atoms with Gasteiger partial charge in [0, 0.05) is 34.7 Å². The summed E-state index contributed by atoms with van der Waals surface area (Å²) in [6.07, 6.45) is 3.77. The second kappa shape index (κ2) is 6.26. The molecular formula is C14H10BrClFNO. The Bertz CT molecular complexity index is 618. The van der Waals surface area contributed by atoms with Crippen LogP contribution in [0.2, 0.25) is 5.02 Å². The summed E-state index contributed by atoms with van der Waals surface area (Å²) in [5.74, 6) is -0.397. The monoisotopic (exact) mass is 341 g/mol. The Labute approximate surface area is 123 Å². The molecule has 19 heavy (non-hydrogen) atoms. The number of nitrogens with zero attached hydrogens (tertiary/aromatic N) is 1. The van der Waals surface area contributed by atoms with Gasteiger partial charge in [0.05, 0.1) is 0 Å². The van der Waals surface area contributed by atoms with E-state index >= 15 is 0 Å². The highest BCUT2D eigenvalue weighted by Gasteiger charge is 2.09. The van der Waals surface area contributed by atoms with Gasteiger partial charge < -0.3 is 0 Å². The lowest BCUT2D eigenvalue weighted by molar-refractivity contribution is -0.117. The van der Waals surface area contributed by atoms with Crippen LogP contribution in [0.25, 0.3) is 0 Å². The minimum Gasteiger partial charge on any atom is -0.299 e. The van der Waals surface area contributed by atoms with Crippen LogP contribution in [0.1, 0.15) is 11.1 Å². The van der Waals surface area contributed by atoms with Crippen LogP contribution in [0.3, 0.4) is 0 Å². The van der Waals surface area contributed by atoms with Crippen LogP contribution in [0.15, 0.2) is 41.1 Å². The van der Waals surface area contributed by atoms with Gasteiger partial charge in [0.2, 0.25) is 0 Å². The normalized spacial score (nSPS) is 10.5. The van der Waals surface area contributed by atoms with Crippen LogP contribution >= 0.6 is 27.5 Å². The SMILES string of the molecule is O=C(Cc1cncc(Br)c1)Cc1ccc(F)cc1Cl. The molecule has 1 aromatic heterocycles. The molecular weight excluding hydrogens is 333 g/mol. The van der Waals surface area contributed by atoms with E-state index < -0.39 is 5.82 Å². The highest BCUT2D eigenvalue weighted by atomic mass is 79.9. The predicted octanol–water partition coefficient (Wildman–Crippen LogP) is 3.99. The Morgan fingerprint density at radius 3 is 2.74 bits per heavy atom. The predicted molar refractivity (Wildman–Crippen MR) is 75.8 cm³/mol. The standard InChI is InChI=1S/C14H10BrClFNO/c15-11-3-9(7-18-8-11)4-13(19)5-10-1-2-12(17)6-14(10)16/h1-3,6-8H,4-5H2. The summed E-state index contributed by atoms with van der Waals surface area (Å²) in [6.45, 7) is 0. The van der Waals surface area contributed by atoms with E-state index in [2.05, 4.69) is 20.9 Å². The van der Waals surface area contributed by atoms with Crippen LogP contribution in [-0.2, 0) is 17.6 Å². The highest BCUT2D eigenvalue weighted by Crippen LogP contribution is 2.19. The van der Waals surface area contributed by atoms with Crippen molar-refractivity contribution in [3.05, 3.63) is 63.1 Å². The first-order chi connectivity index (χ1) is 9.04. The van der Waals surface area contributed by atoms with Gasteiger partial charge >= 0.3 is 0 Å². The third-order valence-corrected chi connectivity index (χ3v) is 3.35. The quantitative estimate of drug-likeness (QED) is 0.841. The molecule has 1 heterocycles. The molecule has 0 atom stereocenters. The average Bonchev–Trinajstić information content (AvgIpc) is 2.33. The maximum absolute atomic E-state index is 12.9. The molecule has 0 unspecified atom stereocenters. The fourth-order valence-electron chi connectivity index (χ4n) is 1.72. The molecule has 0 aliphatic rings. The van der Waals surface area contributed by atoms with Crippen molar-refractivity contribution in [2.24, 2.45) is 0 Å². The Morgan fingerprint density at radius 1 is 1.26 bits per heavy atom. The number of carbonyl (C=O) groups excluding carboxylic acids is 1. The number of carbonyl (C=O) groups is 1. The number of pyridine rings is 1. The van der Waals surface area contributed by atoms with Crippen molar-refractivity contribution in [1.82, 2.24) is 4.98 Å². The summed E-state index contributed by atoms with van der Waals surface area (Å²) < 4.78 is 13.7.